The maximum atomic E-state index is 6.21. The molecule has 0 spiro atoms. The lowest BCUT2D eigenvalue weighted by atomic mass is 10.1. The number of nitrogens with one attached hydrogen (secondary N) is 1. The molecule has 0 unspecified atom stereocenters. The van der Waals surface area contributed by atoms with Gasteiger partial charge in [0.2, 0.25) is 0 Å². The van der Waals surface area contributed by atoms with E-state index in [1.807, 2.05) is 35.0 Å². The predicted octanol–water partition coefficient (Wildman–Crippen LogP) is 4.84. The van der Waals surface area contributed by atoms with Crippen LogP contribution in [0.2, 0.25) is 5.02 Å². The van der Waals surface area contributed by atoms with E-state index < -0.39 is 0 Å². The van der Waals surface area contributed by atoms with Crippen LogP contribution in [-0.2, 0) is 6.42 Å². The minimum atomic E-state index is 0.711. The van der Waals surface area contributed by atoms with E-state index in [2.05, 4.69) is 12.2 Å². The van der Waals surface area contributed by atoms with Crippen LogP contribution in [0.3, 0.4) is 0 Å². The number of rotatable bonds is 2. The van der Waals surface area contributed by atoms with Gasteiger partial charge in [-0.1, -0.05) is 17.7 Å². The standard InChI is InChI=1S/C18H18ClN3O/c1-12-7-8-13(19)11-15(12)22-18-14(5-2-3-9-20-18)17(21-22)16-6-4-10-23-16/h4,6-8,10-11,20H,2-3,5,9H2,1H3. The van der Waals surface area contributed by atoms with Crippen LogP contribution in [0.4, 0.5) is 5.82 Å². The molecule has 0 atom stereocenters. The summed E-state index contributed by atoms with van der Waals surface area (Å²) in [5.74, 6) is 1.86. The van der Waals surface area contributed by atoms with Gasteiger partial charge in [0.05, 0.1) is 12.0 Å². The summed E-state index contributed by atoms with van der Waals surface area (Å²) in [6.07, 6.45) is 4.99. The van der Waals surface area contributed by atoms with Gasteiger partial charge >= 0.3 is 0 Å². The largest absolute Gasteiger partial charge is 0.463 e. The van der Waals surface area contributed by atoms with Crippen LogP contribution < -0.4 is 5.32 Å². The molecule has 1 aromatic carbocycles. The maximum Gasteiger partial charge on any atom is 0.154 e. The van der Waals surface area contributed by atoms with E-state index in [1.54, 1.807) is 6.26 Å². The molecule has 0 aliphatic carbocycles. The Morgan fingerprint density at radius 1 is 1.26 bits per heavy atom. The first kappa shape index (κ1) is 14.4. The molecular weight excluding hydrogens is 310 g/mol. The van der Waals surface area contributed by atoms with Crippen LogP contribution in [0, 0.1) is 6.92 Å². The number of nitrogens with zero attached hydrogens (tertiary/aromatic N) is 2. The van der Waals surface area contributed by atoms with Gasteiger partial charge in [0.15, 0.2) is 5.76 Å². The minimum absolute atomic E-state index is 0.711. The van der Waals surface area contributed by atoms with Crippen molar-refractivity contribution in [2.24, 2.45) is 0 Å². The van der Waals surface area contributed by atoms with Gasteiger partial charge in [-0.05, 0) is 56.0 Å². The molecular formula is C18H18ClN3O. The predicted molar refractivity (Wildman–Crippen MR) is 92.4 cm³/mol. The molecule has 0 bridgehead atoms. The summed E-state index contributed by atoms with van der Waals surface area (Å²) in [5.41, 5.74) is 4.27. The van der Waals surface area contributed by atoms with E-state index in [0.29, 0.717) is 5.02 Å². The molecule has 4 nitrogen and oxygen atoms in total. The zero-order valence-electron chi connectivity index (χ0n) is 13.0. The number of halogens is 1. The Bertz CT molecular complexity index is 836. The van der Waals surface area contributed by atoms with Crippen molar-refractivity contribution in [3.63, 3.8) is 0 Å². The average molecular weight is 328 g/mol. The van der Waals surface area contributed by atoms with Gasteiger partial charge < -0.3 is 9.73 Å². The fourth-order valence-electron chi connectivity index (χ4n) is 3.10. The van der Waals surface area contributed by atoms with E-state index in [1.165, 1.54) is 5.56 Å². The van der Waals surface area contributed by atoms with Crippen molar-refractivity contribution in [3.05, 3.63) is 52.7 Å². The number of hydrogen-bond donors (Lipinski definition) is 1. The van der Waals surface area contributed by atoms with Crippen molar-refractivity contribution < 1.29 is 4.42 Å². The molecule has 0 saturated heterocycles. The molecule has 1 N–H and O–H groups in total. The van der Waals surface area contributed by atoms with Gasteiger partial charge in [0.1, 0.15) is 11.5 Å². The fourth-order valence-corrected chi connectivity index (χ4v) is 3.26. The Balaban J connectivity index is 1.95. The summed E-state index contributed by atoms with van der Waals surface area (Å²) >= 11 is 6.21. The summed E-state index contributed by atoms with van der Waals surface area (Å²) in [6, 6.07) is 9.75. The van der Waals surface area contributed by atoms with Crippen LogP contribution >= 0.6 is 11.6 Å². The van der Waals surface area contributed by atoms with Crippen LogP contribution in [-0.4, -0.2) is 16.3 Å². The molecule has 3 heterocycles. The SMILES string of the molecule is Cc1ccc(Cl)cc1-n1nc(-c2ccco2)c2c1NCCCC2. The number of hydrogen-bond acceptors (Lipinski definition) is 3. The zero-order valence-corrected chi connectivity index (χ0v) is 13.7. The molecule has 23 heavy (non-hydrogen) atoms. The number of fused-ring (bicyclic) bond motifs is 1. The third-order valence-corrected chi connectivity index (χ3v) is 4.52. The second-order valence-electron chi connectivity index (χ2n) is 5.88. The van der Waals surface area contributed by atoms with Crippen molar-refractivity contribution in [2.45, 2.75) is 26.2 Å². The third-order valence-electron chi connectivity index (χ3n) is 4.28. The van der Waals surface area contributed by atoms with Crippen LogP contribution in [0.5, 0.6) is 0 Å². The Morgan fingerprint density at radius 2 is 2.17 bits per heavy atom. The highest BCUT2D eigenvalue weighted by atomic mass is 35.5. The molecule has 0 saturated carbocycles. The number of anilines is 1. The number of aromatic nitrogens is 2. The average Bonchev–Trinajstić information content (AvgIpc) is 3.12. The third kappa shape index (κ3) is 2.53. The first-order chi connectivity index (χ1) is 11.2. The molecule has 0 fully saturated rings. The van der Waals surface area contributed by atoms with E-state index in [-0.39, 0.29) is 0 Å². The van der Waals surface area contributed by atoms with Crippen LogP contribution in [0.25, 0.3) is 17.1 Å². The summed E-state index contributed by atoms with van der Waals surface area (Å²) in [4.78, 5) is 0. The second-order valence-corrected chi connectivity index (χ2v) is 6.32. The van der Waals surface area contributed by atoms with Gasteiger partial charge in [-0.3, -0.25) is 0 Å². The summed E-state index contributed by atoms with van der Waals surface area (Å²) in [7, 11) is 0. The highest BCUT2D eigenvalue weighted by molar-refractivity contribution is 6.30. The van der Waals surface area contributed by atoms with Gasteiger partial charge in [-0.25, -0.2) is 4.68 Å². The zero-order chi connectivity index (χ0) is 15.8. The smallest absolute Gasteiger partial charge is 0.154 e. The lowest BCUT2D eigenvalue weighted by Crippen LogP contribution is -2.08. The summed E-state index contributed by atoms with van der Waals surface area (Å²) in [6.45, 7) is 3.03. The monoisotopic (exact) mass is 327 g/mol. The molecule has 0 radical (unpaired) electrons. The summed E-state index contributed by atoms with van der Waals surface area (Å²) < 4.78 is 7.57. The molecule has 4 rings (SSSR count). The molecule has 5 heteroatoms. The van der Waals surface area contributed by atoms with Crippen LogP contribution in [0.15, 0.2) is 41.0 Å². The Morgan fingerprint density at radius 3 is 3.00 bits per heavy atom. The van der Waals surface area contributed by atoms with Gasteiger partial charge in [0, 0.05) is 17.1 Å². The molecule has 0 amide bonds. The second kappa shape index (κ2) is 5.78. The molecule has 118 valence electrons. The number of aryl methyl sites for hydroxylation is 1. The minimum Gasteiger partial charge on any atom is -0.463 e. The van der Waals surface area contributed by atoms with E-state index in [9.17, 15) is 0 Å². The normalized spacial score (nSPS) is 14.2. The highest BCUT2D eigenvalue weighted by Crippen LogP contribution is 2.35. The summed E-state index contributed by atoms with van der Waals surface area (Å²) in [5, 5.41) is 9.10. The fraction of sp³-hybridized carbons (Fsp3) is 0.278. The molecule has 3 aromatic rings. The van der Waals surface area contributed by atoms with Crippen molar-refractivity contribution in [1.29, 1.82) is 0 Å². The quantitative estimate of drug-likeness (QED) is 0.732. The van der Waals surface area contributed by atoms with Crippen molar-refractivity contribution in [2.75, 3.05) is 11.9 Å². The Labute approximate surface area is 140 Å². The van der Waals surface area contributed by atoms with Crippen molar-refractivity contribution >= 4 is 17.4 Å². The van der Waals surface area contributed by atoms with E-state index in [0.717, 1.165) is 54.3 Å². The van der Waals surface area contributed by atoms with Crippen LogP contribution in [0.1, 0.15) is 24.0 Å². The number of furan rings is 1. The molecule has 1 aliphatic heterocycles. The van der Waals surface area contributed by atoms with Crippen molar-refractivity contribution in [3.8, 4) is 17.1 Å². The van der Waals surface area contributed by atoms with E-state index in [4.69, 9.17) is 21.1 Å². The highest BCUT2D eigenvalue weighted by Gasteiger charge is 2.23. The lowest BCUT2D eigenvalue weighted by Gasteiger charge is -2.12. The van der Waals surface area contributed by atoms with Gasteiger partial charge in [-0.15, -0.1) is 0 Å². The number of benzene rings is 1. The lowest BCUT2D eigenvalue weighted by molar-refractivity contribution is 0.578. The molecule has 1 aliphatic rings. The topological polar surface area (TPSA) is 43.0 Å². The first-order valence-electron chi connectivity index (χ1n) is 7.90. The molecule has 2 aromatic heterocycles. The Kier molecular flexibility index (Phi) is 3.62. The van der Waals surface area contributed by atoms with Gasteiger partial charge in [0.25, 0.3) is 0 Å². The maximum absolute atomic E-state index is 6.21. The van der Waals surface area contributed by atoms with Gasteiger partial charge in [-0.2, -0.15) is 5.10 Å². The Hall–Kier alpha value is -2.20. The first-order valence-corrected chi connectivity index (χ1v) is 8.28. The van der Waals surface area contributed by atoms with E-state index >= 15 is 0 Å². The van der Waals surface area contributed by atoms with Crippen molar-refractivity contribution in [1.82, 2.24) is 9.78 Å².